The molecule has 0 amide bonds. The smallest absolute Gasteiger partial charge is 0.314 e. The molecule has 1 heterocycles. The third kappa shape index (κ3) is 1.23. The number of pyridine rings is 1. The zero-order chi connectivity index (χ0) is 10.2. The zero-order valence-electron chi connectivity index (χ0n) is 7.86. The van der Waals surface area contributed by atoms with Crippen LogP contribution in [0.3, 0.4) is 0 Å². The molecule has 0 spiro atoms. The molecule has 0 aromatic carbocycles. The molecule has 4 heteroatoms. The molecule has 14 heavy (non-hydrogen) atoms. The first-order valence-corrected chi connectivity index (χ1v) is 4.42. The topological polar surface area (TPSA) is 59.4 Å². The van der Waals surface area contributed by atoms with Crippen LogP contribution in [0, 0.1) is 0 Å². The number of rotatable bonds is 3. The molecule has 0 atom stereocenters. The van der Waals surface area contributed by atoms with E-state index in [1.54, 1.807) is 25.6 Å². The maximum atomic E-state index is 11.0. The van der Waals surface area contributed by atoms with Crippen LogP contribution in [0.15, 0.2) is 18.5 Å². The number of aromatic nitrogens is 1. The van der Waals surface area contributed by atoms with Crippen LogP contribution in [0.5, 0.6) is 5.75 Å². The van der Waals surface area contributed by atoms with E-state index < -0.39 is 11.4 Å². The molecule has 4 nitrogen and oxygen atoms in total. The van der Waals surface area contributed by atoms with Gasteiger partial charge in [-0.3, -0.25) is 9.78 Å². The normalized spacial score (nSPS) is 17.5. The van der Waals surface area contributed by atoms with E-state index in [2.05, 4.69) is 4.98 Å². The summed E-state index contributed by atoms with van der Waals surface area (Å²) in [5, 5.41) is 9.05. The number of methoxy groups -OCH3 is 1. The second kappa shape index (κ2) is 2.97. The third-order valence-electron chi connectivity index (χ3n) is 2.66. The summed E-state index contributed by atoms with van der Waals surface area (Å²) < 4.78 is 5.00. The minimum Gasteiger partial charge on any atom is -0.495 e. The monoisotopic (exact) mass is 193 g/mol. The van der Waals surface area contributed by atoms with Crippen molar-refractivity contribution in [2.24, 2.45) is 0 Å². The maximum Gasteiger partial charge on any atom is 0.314 e. The summed E-state index contributed by atoms with van der Waals surface area (Å²) in [5.41, 5.74) is 0.0472. The van der Waals surface area contributed by atoms with E-state index in [1.807, 2.05) is 0 Å². The van der Waals surface area contributed by atoms with Crippen molar-refractivity contribution in [2.75, 3.05) is 7.11 Å². The molecule has 1 aliphatic carbocycles. The van der Waals surface area contributed by atoms with Gasteiger partial charge in [0, 0.05) is 6.20 Å². The number of carboxylic acid groups (broad SMARTS) is 1. The molecule has 2 rings (SSSR count). The van der Waals surface area contributed by atoms with Gasteiger partial charge >= 0.3 is 5.97 Å². The van der Waals surface area contributed by atoms with Crippen molar-refractivity contribution >= 4 is 5.97 Å². The van der Waals surface area contributed by atoms with E-state index in [4.69, 9.17) is 9.84 Å². The van der Waals surface area contributed by atoms with Crippen LogP contribution in [0.2, 0.25) is 0 Å². The molecule has 1 fully saturated rings. The van der Waals surface area contributed by atoms with Crippen LogP contribution >= 0.6 is 0 Å². The minimum atomic E-state index is -0.771. The molecule has 0 aliphatic heterocycles. The summed E-state index contributed by atoms with van der Waals surface area (Å²) in [5.74, 6) is -0.164. The van der Waals surface area contributed by atoms with E-state index in [0.717, 1.165) is 5.56 Å². The third-order valence-corrected chi connectivity index (χ3v) is 2.66. The van der Waals surface area contributed by atoms with Crippen molar-refractivity contribution in [3.8, 4) is 5.75 Å². The fourth-order valence-corrected chi connectivity index (χ4v) is 1.54. The number of hydrogen-bond donors (Lipinski definition) is 1. The summed E-state index contributed by atoms with van der Waals surface area (Å²) in [7, 11) is 1.54. The lowest BCUT2D eigenvalue weighted by atomic mass is 9.98. The van der Waals surface area contributed by atoms with E-state index in [1.165, 1.54) is 0 Å². The zero-order valence-corrected chi connectivity index (χ0v) is 7.86. The van der Waals surface area contributed by atoms with Gasteiger partial charge in [0.25, 0.3) is 0 Å². The molecule has 74 valence electrons. The summed E-state index contributed by atoms with van der Waals surface area (Å²) >= 11 is 0. The Morgan fingerprint density at radius 3 is 2.79 bits per heavy atom. The Morgan fingerprint density at radius 1 is 1.57 bits per heavy atom. The Morgan fingerprint density at radius 2 is 2.29 bits per heavy atom. The van der Waals surface area contributed by atoms with Crippen molar-refractivity contribution in [1.29, 1.82) is 0 Å². The van der Waals surface area contributed by atoms with E-state index in [-0.39, 0.29) is 0 Å². The first-order chi connectivity index (χ1) is 6.69. The minimum absolute atomic E-state index is 0.607. The van der Waals surface area contributed by atoms with Crippen LogP contribution in [0.1, 0.15) is 18.4 Å². The molecule has 1 aliphatic rings. The second-order valence-electron chi connectivity index (χ2n) is 3.50. The fourth-order valence-electron chi connectivity index (χ4n) is 1.54. The Labute approximate surface area is 81.5 Å². The van der Waals surface area contributed by atoms with Gasteiger partial charge in [-0.2, -0.15) is 0 Å². The Hall–Kier alpha value is -1.58. The van der Waals surface area contributed by atoms with Gasteiger partial charge in [-0.05, 0) is 24.5 Å². The summed E-state index contributed by atoms with van der Waals surface area (Å²) in [6.45, 7) is 0. The molecule has 0 bridgehead atoms. The highest BCUT2D eigenvalue weighted by molar-refractivity contribution is 5.84. The van der Waals surface area contributed by atoms with E-state index >= 15 is 0 Å². The lowest BCUT2D eigenvalue weighted by Gasteiger charge is -2.10. The van der Waals surface area contributed by atoms with Gasteiger partial charge < -0.3 is 9.84 Å². The number of nitrogens with zero attached hydrogens (tertiary/aromatic N) is 1. The van der Waals surface area contributed by atoms with Gasteiger partial charge in [0.05, 0.1) is 18.7 Å². The van der Waals surface area contributed by atoms with E-state index in [9.17, 15) is 4.79 Å². The molecule has 0 unspecified atom stereocenters. The first kappa shape index (κ1) is 8.99. The molecular formula is C10H11NO3. The predicted octanol–water partition coefficient (Wildman–Crippen LogP) is 1.21. The molecule has 1 saturated carbocycles. The Bertz CT molecular complexity index is 371. The van der Waals surface area contributed by atoms with E-state index in [0.29, 0.717) is 18.6 Å². The van der Waals surface area contributed by atoms with Crippen molar-refractivity contribution in [1.82, 2.24) is 4.98 Å². The van der Waals surface area contributed by atoms with Crippen molar-refractivity contribution in [3.05, 3.63) is 24.0 Å². The number of carboxylic acids is 1. The van der Waals surface area contributed by atoms with Crippen LogP contribution in [-0.2, 0) is 10.2 Å². The van der Waals surface area contributed by atoms with Crippen molar-refractivity contribution in [3.63, 3.8) is 0 Å². The van der Waals surface area contributed by atoms with Crippen LogP contribution in [0.25, 0.3) is 0 Å². The summed E-state index contributed by atoms with van der Waals surface area (Å²) in [6, 6.07) is 1.74. The molecule has 1 aromatic rings. The average molecular weight is 193 g/mol. The molecule has 1 N–H and O–H groups in total. The molecule has 1 aromatic heterocycles. The predicted molar refractivity (Wildman–Crippen MR) is 49.3 cm³/mol. The van der Waals surface area contributed by atoms with Crippen molar-refractivity contribution < 1.29 is 14.6 Å². The van der Waals surface area contributed by atoms with Crippen LogP contribution in [-0.4, -0.2) is 23.2 Å². The highest BCUT2D eigenvalue weighted by Crippen LogP contribution is 2.48. The van der Waals surface area contributed by atoms with Gasteiger partial charge in [0.1, 0.15) is 5.75 Å². The van der Waals surface area contributed by atoms with Crippen LogP contribution < -0.4 is 4.74 Å². The average Bonchev–Trinajstić information content (AvgIpc) is 2.98. The van der Waals surface area contributed by atoms with Crippen LogP contribution in [0.4, 0.5) is 0 Å². The quantitative estimate of drug-likeness (QED) is 0.783. The molecule has 0 radical (unpaired) electrons. The highest BCUT2D eigenvalue weighted by atomic mass is 16.5. The lowest BCUT2D eigenvalue weighted by molar-refractivity contribution is -0.140. The number of hydrogen-bond acceptors (Lipinski definition) is 3. The van der Waals surface area contributed by atoms with Gasteiger partial charge in [-0.1, -0.05) is 0 Å². The van der Waals surface area contributed by atoms with Crippen molar-refractivity contribution in [2.45, 2.75) is 18.3 Å². The van der Waals surface area contributed by atoms with Gasteiger partial charge in [-0.15, -0.1) is 0 Å². The first-order valence-electron chi connectivity index (χ1n) is 4.42. The summed E-state index contributed by atoms with van der Waals surface area (Å²) in [6.07, 6.45) is 4.55. The van der Waals surface area contributed by atoms with Gasteiger partial charge in [0.15, 0.2) is 0 Å². The number of ether oxygens (including phenoxy) is 1. The summed E-state index contributed by atoms with van der Waals surface area (Å²) in [4.78, 5) is 15.0. The standard InChI is InChI=1S/C10H11NO3/c1-14-8-4-7(5-11-6-8)10(2-3-10)9(12)13/h4-6H,2-3H2,1H3,(H,12,13). The lowest BCUT2D eigenvalue weighted by Crippen LogP contribution is -2.19. The second-order valence-corrected chi connectivity index (χ2v) is 3.50. The van der Waals surface area contributed by atoms with Gasteiger partial charge in [-0.25, -0.2) is 0 Å². The highest BCUT2D eigenvalue weighted by Gasteiger charge is 2.52. The molecular weight excluding hydrogens is 182 g/mol. The number of carbonyl (C=O) groups is 1. The maximum absolute atomic E-state index is 11.0. The molecule has 0 saturated heterocycles. The Kier molecular flexibility index (Phi) is 1.91. The largest absolute Gasteiger partial charge is 0.495 e. The fraction of sp³-hybridized carbons (Fsp3) is 0.400. The Balaban J connectivity index is 2.37. The SMILES string of the molecule is COc1cncc(C2(C(=O)O)CC2)c1. The van der Waals surface area contributed by atoms with Gasteiger partial charge in [0.2, 0.25) is 0 Å². The number of aliphatic carboxylic acids is 1.